The summed E-state index contributed by atoms with van der Waals surface area (Å²) >= 11 is 6.35. The third-order valence-electron chi connectivity index (χ3n) is 4.31. The molecule has 2 rings (SSSR count). The molecule has 1 aliphatic carbocycles. The van der Waals surface area contributed by atoms with Crippen LogP contribution in [0.15, 0.2) is 29.3 Å². The molecule has 1 unspecified atom stereocenters. The van der Waals surface area contributed by atoms with Crippen LogP contribution in [0.3, 0.4) is 0 Å². The number of hydrogen-bond acceptors (Lipinski definition) is 1. The Labute approximate surface area is 126 Å². The van der Waals surface area contributed by atoms with Crippen LogP contribution >= 0.6 is 11.6 Å². The highest BCUT2D eigenvalue weighted by Crippen LogP contribution is 2.46. The Morgan fingerprint density at radius 2 is 2.15 bits per heavy atom. The van der Waals surface area contributed by atoms with Gasteiger partial charge in [-0.25, -0.2) is 0 Å². The second-order valence-electron chi connectivity index (χ2n) is 5.77. The molecule has 3 nitrogen and oxygen atoms in total. The predicted molar refractivity (Wildman–Crippen MR) is 86.4 cm³/mol. The summed E-state index contributed by atoms with van der Waals surface area (Å²) in [6.07, 6.45) is 4.54. The van der Waals surface area contributed by atoms with Gasteiger partial charge >= 0.3 is 0 Å². The van der Waals surface area contributed by atoms with Crippen molar-refractivity contribution in [3.8, 4) is 0 Å². The summed E-state index contributed by atoms with van der Waals surface area (Å²) in [5, 5.41) is 4.05. The molecule has 1 aliphatic rings. The molecule has 0 aliphatic heterocycles. The van der Waals surface area contributed by atoms with Crippen molar-refractivity contribution in [3.63, 3.8) is 0 Å². The fraction of sp³-hybridized carbons (Fsp3) is 0.562. The first-order chi connectivity index (χ1) is 9.57. The normalized spacial score (nSPS) is 19.2. The molecule has 0 saturated heterocycles. The van der Waals surface area contributed by atoms with Gasteiger partial charge < -0.3 is 11.1 Å². The van der Waals surface area contributed by atoms with Gasteiger partial charge in [-0.15, -0.1) is 0 Å². The van der Waals surface area contributed by atoms with Gasteiger partial charge in [-0.2, -0.15) is 0 Å². The van der Waals surface area contributed by atoms with E-state index < -0.39 is 0 Å². The first-order valence-corrected chi connectivity index (χ1v) is 7.76. The molecule has 0 aromatic heterocycles. The van der Waals surface area contributed by atoms with Gasteiger partial charge in [0.15, 0.2) is 5.96 Å². The smallest absolute Gasteiger partial charge is 0.188 e. The zero-order chi connectivity index (χ0) is 14.6. The number of nitrogens with one attached hydrogen (secondary N) is 1. The molecule has 0 heterocycles. The molecule has 0 bridgehead atoms. The summed E-state index contributed by atoms with van der Waals surface area (Å²) < 4.78 is 0. The standard InChI is InChI=1S/C16H24ClN3/c1-3-12(2)20-15(18)19-11-16(9-6-10-16)13-7-4-5-8-14(13)17/h4-5,7-8,12H,3,6,9-11H2,1-2H3,(H3,18,19,20). The zero-order valence-electron chi connectivity index (χ0n) is 12.3. The molecule has 1 aromatic carbocycles. The Kier molecular flexibility index (Phi) is 4.92. The van der Waals surface area contributed by atoms with Crippen LogP contribution in [0.5, 0.6) is 0 Å². The molecule has 1 atom stereocenters. The van der Waals surface area contributed by atoms with E-state index in [-0.39, 0.29) is 5.41 Å². The van der Waals surface area contributed by atoms with Gasteiger partial charge in [0.05, 0.1) is 6.54 Å². The number of nitrogens with zero attached hydrogens (tertiary/aromatic N) is 1. The van der Waals surface area contributed by atoms with Gasteiger partial charge in [-0.05, 0) is 37.8 Å². The van der Waals surface area contributed by atoms with Gasteiger partial charge in [0, 0.05) is 16.5 Å². The molecule has 1 saturated carbocycles. The van der Waals surface area contributed by atoms with E-state index in [0.29, 0.717) is 18.5 Å². The highest BCUT2D eigenvalue weighted by molar-refractivity contribution is 6.31. The largest absolute Gasteiger partial charge is 0.370 e. The maximum atomic E-state index is 6.35. The highest BCUT2D eigenvalue weighted by atomic mass is 35.5. The van der Waals surface area contributed by atoms with Crippen LogP contribution in [-0.2, 0) is 5.41 Å². The lowest BCUT2D eigenvalue weighted by Crippen LogP contribution is -2.42. The van der Waals surface area contributed by atoms with E-state index in [2.05, 4.69) is 30.2 Å². The van der Waals surface area contributed by atoms with Crippen molar-refractivity contribution in [2.45, 2.75) is 51.0 Å². The lowest BCUT2D eigenvalue weighted by molar-refractivity contribution is 0.253. The zero-order valence-corrected chi connectivity index (χ0v) is 13.1. The quantitative estimate of drug-likeness (QED) is 0.645. The molecule has 1 fully saturated rings. The van der Waals surface area contributed by atoms with Gasteiger partial charge in [0.25, 0.3) is 0 Å². The average molecular weight is 294 g/mol. The molecule has 0 radical (unpaired) electrons. The summed E-state index contributed by atoms with van der Waals surface area (Å²) in [7, 11) is 0. The minimum absolute atomic E-state index is 0.0834. The molecule has 20 heavy (non-hydrogen) atoms. The third kappa shape index (κ3) is 3.26. The van der Waals surface area contributed by atoms with Crippen molar-refractivity contribution in [3.05, 3.63) is 34.9 Å². The highest BCUT2D eigenvalue weighted by Gasteiger charge is 2.39. The Morgan fingerprint density at radius 1 is 1.45 bits per heavy atom. The van der Waals surface area contributed by atoms with Crippen molar-refractivity contribution in [2.75, 3.05) is 6.54 Å². The van der Waals surface area contributed by atoms with Crippen molar-refractivity contribution >= 4 is 17.6 Å². The molecular formula is C16H24ClN3. The van der Waals surface area contributed by atoms with Gasteiger partial charge in [-0.1, -0.05) is 43.1 Å². The summed E-state index contributed by atoms with van der Waals surface area (Å²) in [4.78, 5) is 4.55. The van der Waals surface area contributed by atoms with E-state index in [4.69, 9.17) is 17.3 Å². The fourth-order valence-corrected chi connectivity index (χ4v) is 2.98. The van der Waals surface area contributed by atoms with Crippen LogP contribution in [0.4, 0.5) is 0 Å². The monoisotopic (exact) mass is 293 g/mol. The van der Waals surface area contributed by atoms with E-state index in [1.807, 2.05) is 18.2 Å². The Bertz CT molecular complexity index is 480. The van der Waals surface area contributed by atoms with Gasteiger partial charge in [0.1, 0.15) is 0 Å². The number of halogens is 1. The van der Waals surface area contributed by atoms with Crippen molar-refractivity contribution in [2.24, 2.45) is 10.7 Å². The van der Waals surface area contributed by atoms with Crippen LogP contribution < -0.4 is 11.1 Å². The van der Waals surface area contributed by atoms with E-state index >= 15 is 0 Å². The fourth-order valence-electron chi connectivity index (χ4n) is 2.64. The minimum atomic E-state index is 0.0834. The lowest BCUT2D eigenvalue weighted by atomic mass is 9.64. The molecule has 3 N–H and O–H groups in total. The van der Waals surface area contributed by atoms with E-state index in [9.17, 15) is 0 Å². The van der Waals surface area contributed by atoms with E-state index in [0.717, 1.165) is 24.3 Å². The molecule has 110 valence electrons. The number of rotatable bonds is 5. The topological polar surface area (TPSA) is 50.4 Å². The second-order valence-corrected chi connectivity index (χ2v) is 6.18. The SMILES string of the molecule is CCC(C)NC(N)=NCC1(c2ccccc2Cl)CCC1. The van der Waals surface area contributed by atoms with E-state index in [1.54, 1.807) is 0 Å². The number of aliphatic imine (C=N–C) groups is 1. The summed E-state index contributed by atoms with van der Waals surface area (Å²) in [6, 6.07) is 8.46. The minimum Gasteiger partial charge on any atom is -0.370 e. The molecule has 1 aromatic rings. The molecule has 0 spiro atoms. The molecule has 0 amide bonds. The first kappa shape index (κ1) is 15.2. The van der Waals surface area contributed by atoms with Crippen molar-refractivity contribution < 1.29 is 0 Å². The number of hydrogen-bond donors (Lipinski definition) is 2. The second kappa shape index (κ2) is 6.49. The van der Waals surface area contributed by atoms with Crippen molar-refractivity contribution in [1.82, 2.24) is 5.32 Å². The van der Waals surface area contributed by atoms with Crippen LogP contribution in [0.1, 0.15) is 45.1 Å². The molecule has 4 heteroatoms. The van der Waals surface area contributed by atoms with Crippen LogP contribution in [0.2, 0.25) is 5.02 Å². The average Bonchev–Trinajstić information content (AvgIpc) is 2.39. The van der Waals surface area contributed by atoms with Crippen LogP contribution in [0, 0.1) is 0 Å². The van der Waals surface area contributed by atoms with Crippen molar-refractivity contribution in [1.29, 1.82) is 0 Å². The summed E-state index contributed by atoms with van der Waals surface area (Å²) in [5.41, 5.74) is 7.26. The van der Waals surface area contributed by atoms with Gasteiger partial charge in [0.2, 0.25) is 0 Å². The number of nitrogens with two attached hydrogens (primary N) is 1. The molecular weight excluding hydrogens is 270 g/mol. The maximum absolute atomic E-state index is 6.35. The maximum Gasteiger partial charge on any atom is 0.188 e. The summed E-state index contributed by atoms with van der Waals surface area (Å²) in [5.74, 6) is 0.540. The van der Waals surface area contributed by atoms with Crippen LogP contribution in [0.25, 0.3) is 0 Å². The first-order valence-electron chi connectivity index (χ1n) is 7.39. The van der Waals surface area contributed by atoms with Crippen LogP contribution in [-0.4, -0.2) is 18.5 Å². The number of benzene rings is 1. The summed E-state index contributed by atoms with van der Waals surface area (Å²) in [6.45, 7) is 4.95. The Morgan fingerprint density at radius 3 is 2.70 bits per heavy atom. The third-order valence-corrected chi connectivity index (χ3v) is 4.64. The lowest BCUT2D eigenvalue weighted by Gasteiger charge is -2.41. The Hall–Kier alpha value is -1.22. The Balaban J connectivity index is 2.09. The number of guanidine groups is 1. The predicted octanol–water partition coefficient (Wildman–Crippen LogP) is 3.46. The van der Waals surface area contributed by atoms with E-state index in [1.165, 1.54) is 12.0 Å². The van der Waals surface area contributed by atoms with Gasteiger partial charge in [-0.3, -0.25) is 4.99 Å².